The Labute approximate surface area is 153 Å². The lowest BCUT2D eigenvalue weighted by Gasteiger charge is -2.15. The van der Waals surface area contributed by atoms with Gasteiger partial charge in [0.05, 0.1) is 28.4 Å². The van der Waals surface area contributed by atoms with Crippen molar-refractivity contribution in [2.24, 2.45) is 0 Å². The van der Waals surface area contributed by atoms with Crippen molar-refractivity contribution in [3.05, 3.63) is 41.5 Å². The summed E-state index contributed by atoms with van der Waals surface area (Å²) in [6, 6.07) is 8.37. The first-order valence-corrected chi connectivity index (χ1v) is 9.27. The Kier molecular flexibility index (Phi) is 6.33. The van der Waals surface area contributed by atoms with Crippen molar-refractivity contribution in [2.75, 3.05) is 28.4 Å². The quantitative estimate of drug-likeness (QED) is 0.757. The Balaban J connectivity index is 2.32. The molecule has 0 aliphatic carbocycles. The predicted octanol–water partition coefficient (Wildman–Crippen LogP) is 2.51. The first kappa shape index (κ1) is 19.9. The fraction of sp³-hybridized carbons (Fsp3) is 0.333. The van der Waals surface area contributed by atoms with Gasteiger partial charge in [0.15, 0.2) is 11.5 Å². The smallest absolute Gasteiger partial charge is 0.244 e. The molecule has 0 unspecified atom stereocenters. The molecule has 0 radical (unpaired) electrons. The van der Waals surface area contributed by atoms with E-state index in [1.165, 1.54) is 28.4 Å². The molecule has 7 nitrogen and oxygen atoms in total. The van der Waals surface area contributed by atoms with E-state index in [1.54, 1.807) is 30.3 Å². The fourth-order valence-corrected chi connectivity index (χ4v) is 3.76. The van der Waals surface area contributed by atoms with E-state index in [0.29, 0.717) is 22.8 Å². The van der Waals surface area contributed by atoms with Gasteiger partial charge in [-0.15, -0.1) is 0 Å². The first-order valence-electron chi connectivity index (χ1n) is 7.79. The molecule has 0 aliphatic heterocycles. The van der Waals surface area contributed by atoms with Gasteiger partial charge < -0.3 is 18.9 Å². The molecule has 0 aliphatic rings. The Hall–Kier alpha value is -2.45. The van der Waals surface area contributed by atoms with Crippen molar-refractivity contribution < 1.29 is 27.4 Å². The Morgan fingerprint density at radius 2 is 1.42 bits per heavy atom. The topological polar surface area (TPSA) is 83.1 Å². The minimum Gasteiger partial charge on any atom is -0.495 e. The number of hydrogen-bond donors (Lipinski definition) is 1. The molecule has 8 heteroatoms. The highest BCUT2D eigenvalue weighted by molar-refractivity contribution is 7.89. The van der Waals surface area contributed by atoms with Gasteiger partial charge in [0.25, 0.3) is 0 Å². The van der Waals surface area contributed by atoms with Gasteiger partial charge in [-0.25, -0.2) is 13.1 Å². The summed E-state index contributed by atoms with van der Waals surface area (Å²) in [5, 5.41) is 0. The van der Waals surface area contributed by atoms with E-state index in [1.807, 2.05) is 6.92 Å². The number of nitrogens with one attached hydrogen (secondary N) is 1. The fourth-order valence-electron chi connectivity index (χ4n) is 2.49. The van der Waals surface area contributed by atoms with Crippen molar-refractivity contribution in [1.29, 1.82) is 0 Å². The van der Waals surface area contributed by atoms with Crippen LogP contribution in [0, 0.1) is 6.92 Å². The summed E-state index contributed by atoms with van der Waals surface area (Å²) in [6.45, 7) is 1.87. The zero-order chi connectivity index (χ0) is 19.3. The molecular formula is C18H23NO6S. The van der Waals surface area contributed by atoms with Crippen molar-refractivity contribution in [3.8, 4) is 23.0 Å². The number of aryl methyl sites for hydroxylation is 1. The average molecular weight is 381 g/mol. The Morgan fingerprint density at radius 3 is 1.92 bits per heavy atom. The third-order valence-electron chi connectivity index (χ3n) is 3.80. The van der Waals surface area contributed by atoms with Gasteiger partial charge in [0, 0.05) is 6.54 Å². The van der Waals surface area contributed by atoms with Crippen LogP contribution in [0.15, 0.2) is 35.2 Å². The van der Waals surface area contributed by atoms with Crippen molar-refractivity contribution in [1.82, 2.24) is 4.72 Å². The number of methoxy groups -OCH3 is 4. The molecule has 0 saturated heterocycles. The molecule has 0 bridgehead atoms. The van der Waals surface area contributed by atoms with Gasteiger partial charge in [-0.05, 0) is 42.3 Å². The molecule has 1 N–H and O–H groups in total. The van der Waals surface area contributed by atoms with Crippen molar-refractivity contribution >= 4 is 10.0 Å². The number of sulfonamides is 1. The van der Waals surface area contributed by atoms with E-state index >= 15 is 0 Å². The molecule has 0 spiro atoms. The summed E-state index contributed by atoms with van der Waals surface area (Å²) in [7, 11) is 2.18. The van der Waals surface area contributed by atoms with E-state index in [0.717, 1.165) is 5.56 Å². The van der Waals surface area contributed by atoms with E-state index in [-0.39, 0.29) is 17.2 Å². The summed E-state index contributed by atoms with van der Waals surface area (Å²) >= 11 is 0. The molecule has 0 amide bonds. The standard InChI is InChI=1S/C18H23NO6S/c1-12-6-7-14(22-2)17(8-12)26(20,21)19-11-13-9-15(23-3)18(25-5)16(10-13)24-4/h6-10,19H,11H2,1-5H3. The highest BCUT2D eigenvalue weighted by Crippen LogP contribution is 2.38. The lowest BCUT2D eigenvalue weighted by atomic mass is 10.2. The molecule has 0 saturated carbocycles. The SMILES string of the molecule is COc1ccc(C)cc1S(=O)(=O)NCc1cc(OC)c(OC)c(OC)c1. The number of hydrogen-bond acceptors (Lipinski definition) is 6. The van der Waals surface area contributed by atoms with Gasteiger partial charge in [0.1, 0.15) is 10.6 Å². The second-order valence-corrected chi connectivity index (χ2v) is 7.25. The van der Waals surface area contributed by atoms with Crippen LogP contribution >= 0.6 is 0 Å². The van der Waals surface area contributed by atoms with E-state index < -0.39 is 10.0 Å². The third kappa shape index (κ3) is 4.20. The van der Waals surface area contributed by atoms with Crippen LogP contribution in [0.5, 0.6) is 23.0 Å². The zero-order valence-corrected chi connectivity index (χ0v) is 16.3. The molecule has 142 valence electrons. The molecule has 2 aromatic rings. The summed E-state index contributed by atoms with van der Waals surface area (Å²) in [4.78, 5) is 0.0902. The van der Waals surface area contributed by atoms with Gasteiger partial charge in [-0.1, -0.05) is 6.07 Å². The van der Waals surface area contributed by atoms with Crippen LogP contribution in [-0.2, 0) is 16.6 Å². The van der Waals surface area contributed by atoms with Crippen molar-refractivity contribution in [3.63, 3.8) is 0 Å². The molecule has 0 aromatic heterocycles. The van der Waals surface area contributed by atoms with Crippen molar-refractivity contribution in [2.45, 2.75) is 18.4 Å². The Bertz CT molecular complexity index is 854. The van der Waals surface area contributed by atoms with Crippen LogP contribution < -0.4 is 23.7 Å². The van der Waals surface area contributed by atoms with Crippen LogP contribution in [0.3, 0.4) is 0 Å². The van der Waals surface area contributed by atoms with E-state index in [2.05, 4.69) is 4.72 Å². The minimum atomic E-state index is -3.77. The van der Waals surface area contributed by atoms with Gasteiger partial charge in [0.2, 0.25) is 15.8 Å². The molecule has 26 heavy (non-hydrogen) atoms. The highest BCUT2D eigenvalue weighted by atomic mass is 32.2. The normalized spacial score (nSPS) is 11.1. The molecule has 0 heterocycles. The molecule has 0 fully saturated rings. The number of benzene rings is 2. The second kappa shape index (κ2) is 8.29. The molecule has 0 atom stereocenters. The maximum atomic E-state index is 12.7. The highest BCUT2D eigenvalue weighted by Gasteiger charge is 2.20. The maximum Gasteiger partial charge on any atom is 0.244 e. The predicted molar refractivity (Wildman–Crippen MR) is 97.9 cm³/mol. The minimum absolute atomic E-state index is 0.0517. The van der Waals surface area contributed by atoms with Crippen LogP contribution in [0.2, 0.25) is 0 Å². The van der Waals surface area contributed by atoms with E-state index in [4.69, 9.17) is 18.9 Å². The van der Waals surface area contributed by atoms with E-state index in [9.17, 15) is 8.42 Å². The monoisotopic (exact) mass is 381 g/mol. The third-order valence-corrected chi connectivity index (χ3v) is 5.22. The van der Waals surface area contributed by atoms with Gasteiger partial charge in [-0.3, -0.25) is 0 Å². The zero-order valence-electron chi connectivity index (χ0n) is 15.5. The van der Waals surface area contributed by atoms with Crippen LogP contribution in [0.1, 0.15) is 11.1 Å². The maximum absolute atomic E-state index is 12.7. The summed E-state index contributed by atoms with van der Waals surface area (Å²) in [5.74, 6) is 1.64. The van der Waals surface area contributed by atoms with Crippen LogP contribution in [-0.4, -0.2) is 36.9 Å². The summed E-state index contributed by atoms with van der Waals surface area (Å²) in [6.07, 6.45) is 0. The summed E-state index contributed by atoms with van der Waals surface area (Å²) in [5.41, 5.74) is 1.48. The van der Waals surface area contributed by atoms with Gasteiger partial charge in [-0.2, -0.15) is 0 Å². The molecular weight excluding hydrogens is 358 g/mol. The number of rotatable bonds is 8. The molecule has 2 rings (SSSR count). The van der Waals surface area contributed by atoms with Gasteiger partial charge >= 0.3 is 0 Å². The second-order valence-electron chi connectivity index (χ2n) is 5.51. The average Bonchev–Trinajstić information content (AvgIpc) is 2.65. The first-order chi connectivity index (χ1) is 12.4. The summed E-state index contributed by atoms with van der Waals surface area (Å²) < 4.78 is 49.0. The largest absolute Gasteiger partial charge is 0.495 e. The lowest BCUT2D eigenvalue weighted by Crippen LogP contribution is -2.24. The lowest BCUT2D eigenvalue weighted by molar-refractivity contribution is 0.323. The molecule has 2 aromatic carbocycles. The van der Waals surface area contributed by atoms with Crippen LogP contribution in [0.25, 0.3) is 0 Å². The van der Waals surface area contributed by atoms with Crippen LogP contribution in [0.4, 0.5) is 0 Å². The Morgan fingerprint density at radius 1 is 0.846 bits per heavy atom. The number of ether oxygens (including phenoxy) is 4.